The van der Waals surface area contributed by atoms with Crippen molar-refractivity contribution in [3.05, 3.63) is 70.8 Å². The summed E-state index contributed by atoms with van der Waals surface area (Å²) in [5, 5.41) is 0. The zero-order chi connectivity index (χ0) is 16.2. The van der Waals surface area contributed by atoms with E-state index in [9.17, 15) is 22.8 Å². The molecule has 2 nitrogen and oxygen atoms in total. The monoisotopic (exact) mass is 306 g/mol. The molecule has 0 bridgehead atoms. The number of halogens is 3. The molecule has 0 aromatic heterocycles. The van der Waals surface area contributed by atoms with E-state index in [1.807, 2.05) is 30.3 Å². The quantitative estimate of drug-likeness (QED) is 0.608. The summed E-state index contributed by atoms with van der Waals surface area (Å²) in [5.41, 5.74) is -0.184. The lowest BCUT2D eigenvalue weighted by Gasteiger charge is -2.10. The van der Waals surface area contributed by atoms with Crippen molar-refractivity contribution in [2.75, 3.05) is 0 Å². The first-order chi connectivity index (χ1) is 10.4. The fourth-order valence-corrected chi connectivity index (χ4v) is 2.13. The van der Waals surface area contributed by atoms with Crippen molar-refractivity contribution >= 4 is 12.1 Å². The third kappa shape index (κ3) is 3.81. The van der Waals surface area contributed by atoms with Crippen LogP contribution in [0.5, 0.6) is 0 Å². The third-order valence-electron chi connectivity index (χ3n) is 3.29. The molecule has 0 N–H and O–H groups in total. The van der Waals surface area contributed by atoms with Gasteiger partial charge in [-0.1, -0.05) is 36.4 Å². The number of carbonyl (C=O) groups is 2. The van der Waals surface area contributed by atoms with Gasteiger partial charge in [-0.05, 0) is 24.1 Å². The molecule has 114 valence electrons. The average Bonchev–Trinajstić information content (AvgIpc) is 2.52. The second-order valence-electron chi connectivity index (χ2n) is 4.83. The minimum Gasteiger partial charge on any atom is -0.298 e. The summed E-state index contributed by atoms with van der Waals surface area (Å²) in [5.74, 6) is -0.348. The second kappa shape index (κ2) is 6.56. The van der Waals surface area contributed by atoms with E-state index >= 15 is 0 Å². The molecule has 5 heteroatoms. The highest BCUT2D eigenvalue weighted by molar-refractivity contribution is 6.02. The molecule has 22 heavy (non-hydrogen) atoms. The molecule has 0 spiro atoms. The number of rotatable bonds is 5. The first kappa shape index (κ1) is 15.9. The van der Waals surface area contributed by atoms with E-state index in [0.29, 0.717) is 12.5 Å². The zero-order valence-corrected chi connectivity index (χ0v) is 11.6. The van der Waals surface area contributed by atoms with Crippen molar-refractivity contribution in [2.45, 2.75) is 19.0 Å². The van der Waals surface area contributed by atoms with Gasteiger partial charge in [0.25, 0.3) is 0 Å². The minimum absolute atomic E-state index is 0.0268. The van der Waals surface area contributed by atoms with Crippen molar-refractivity contribution in [1.82, 2.24) is 0 Å². The van der Waals surface area contributed by atoms with Crippen molar-refractivity contribution in [2.24, 2.45) is 0 Å². The Hall–Kier alpha value is -2.43. The highest BCUT2D eigenvalue weighted by Crippen LogP contribution is 2.30. The first-order valence-electron chi connectivity index (χ1n) is 6.65. The number of carbonyl (C=O) groups excluding carboxylic acids is 2. The van der Waals surface area contributed by atoms with Gasteiger partial charge in [0.15, 0.2) is 12.1 Å². The SMILES string of the molecule is O=Cc1cc(C(F)(F)F)ccc1C(=O)CCc1ccccc1. The molecule has 0 unspecified atom stereocenters. The maximum atomic E-state index is 12.6. The van der Waals surface area contributed by atoms with Gasteiger partial charge in [0.05, 0.1) is 5.56 Å². The van der Waals surface area contributed by atoms with Crippen LogP contribution in [0.3, 0.4) is 0 Å². The van der Waals surface area contributed by atoms with Crippen LogP contribution in [0.1, 0.15) is 38.3 Å². The summed E-state index contributed by atoms with van der Waals surface area (Å²) in [4.78, 5) is 23.1. The maximum Gasteiger partial charge on any atom is 0.416 e. The Morgan fingerprint density at radius 1 is 1.05 bits per heavy atom. The molecule has 2 aromatic carbocycles. The van der Waals surface area contributed by atoms with Gasteiger partial charge in [0, 0.05) is 17.5 Å². The summed E-state index contributed by atoms with van der Waals surface area (Å²) in [7, 11) is 0. The highest BCUT2D eigenvalue weighted by Gasteiger charge is 2.31. The summed E-state index contributed by atoms with van der Waals surface area (Å²) >= 11 is 0. The number of Topliss-reactive ketones (excluding diaryl/α,β-unsaturated/α-hetero) is 1. The topological polar surface area (TPSA) is 34.1 Å². The fraction of sp³-hybridized carbons (Fsp3) is 0.176. The van der Waals surface area contributed by atoms with Crippen LogP contribution in [0.25, 0.3) is 0 Å². The standard InChI is InChI=1S/C17H13F3O2/c18-17(19,20)14-7-8-15(13(10-14)11-21)16(22)9-6-12-4-2-1-3-5-12/h1-5,7-8,10-11H,6,9H2. The Labute approximate surface area is 125 Å². The van der Waals surface area contributed by atoms with Crippen LogP contribution in [-0.4, -0.2) is 12.1 Å². The Morgan fingerprint density at radius 3 is 2.32 bits per heavy atom. The van der Waals surface area contributed by atoms with Gasteiger partial charge in [0.1, 0.15) is 0 Å². The lowest BCUT2D eigenvalue weighted by Crippen LogP contribution is -2.10. The second-order valence-corrected chi connectivity index (χ2v) is 4.83. The van der Waals surface area contributed by atoms with Gasteiger partial charge in [-0.25, -0.2) is 0 Å². The molecule has 2 rings (SSSR count). The molecule has 0 heterocycles. The van der Waals surface area contributed by atoms with Crippen molar-refractivity contribution in [1.29, 1.82) is 0 Å². The van der Waals surface area contributed by atoms with Crippen LogP contribution in [-0.2, 0) is 12.6 Å². The molecule has 0 atom stereocenters. The van der Waals surface area contributed by atoms with Crippen LogP contribution >= 0.6 is 0 Å². The molecular formula is C17H13F3O2. The number of hydrogen-bond donors (Lipinski definition) is 0. The van der Waals surface area contributed by atoms with E-state index in [2.05, 4.69) is 0 Å². The molecular weight excluding hydrogens is 293 g/mol. The smallest absolute Gasteiger partial charge is 0.298 e. The van der Waals surface area contributed by atoms with Gasteiger partial charge in [0.2, 0.25) is 0 Å². The predicted molar refractivity (Wildman–Crippen MR) is 75.9 cm³/mol. The van der Waals surface area contributed by atoms with Crippen molar-refractivity contribution < 1.29 is 22.8 Å². The average molecular weight is 306 g/mol. The van der Waals surface area contributed by atoms with E-state index < -0.39 is 11.7 Å². The van der Waals surface area contributed by atoms with E-state index in [4.69, 9.17) is 0 Å². The Bertz CT molecular complexity index is 676. The molecule has 0 aliphatic rings. The number of ketones is 1. The summed E-state index contributed by atoms with van der Waals surface area (Å²) in [6.45, 7) is 0. The Kier molecular flexibility index (Phi) is 4.75. The van der Waals surface area contributed by atoms with Crippen LogP contribution in [0.2, 0.25) is 0 Å². The number of aryl methyl sites for hydroxylation is 1. The minimum atomic E-state index is -4.54. The van der Waals surface area contributed by atoms with E-state index in [-0.39, 0.29) is 29.6 Å². The van der Waals surface area contributed by atoms with Gasteiger partial charge >= 0.3 is 6.18 Å². The highest BCUT2D eigenvalue weighted by atomic mass is 19.4. The van der Waals surface area contributed by atoms with Crippen LogP contribution in [0.4, 0.5) is 13.2 Å². The van der Waals surface area contributed by atoms with E-state index in [1.165, 1.54) is 0 Å². The number of alkyl halides is 3. The molecule has 0 saturated heterocycles. The molecule has 0 radical (unpaired) electrons. The lowest BCUT2D eigenvalue weighted by atomic mass is 9.97. The lowest BCUT2D eigenvalue weighted by molar-refractivity contribution is -0.137. The normalized spacial score (nSPS) is 11.2. The number of hydrogen-bond acceptors (Lipinski definition) is 2. The Morgan fingerprint density at radius 2 is 1.73 bits per heavy atom. The summed E-state index contributed by atoms with van der Waals surface area (Å²) in [6, 6.07) is 11.9. The summed E-state index contributed by atoms with van der Waals surface area (Å²) in [6.07, 6.45) is -3.65. The molecule has 0 saturated carbocycles. The molecule has 0 amide bonds. The third-order valence-corrected chi connectivity index (χ3v) is 3.29. The van der Waals surface area contributed by atoms with E-state index in [1.54, 1.807) is 0 Å². The molecule has 0 aliphatic carbocycles. The van der Waals surface area contributed by atoms with Gasteiger partial charge in [-0.3, -0.25) is 9.59 Å². The molecule has 2 aromatic rings. The van der Waals surface area contributed by atoms with E-state index in [0.717, 1.165) is 17.7 Å². The van der Waals surface area contributed by atoms with Gasteiger partial charge < -0.3 is 0 Å². The summed E-state index contributed by atoms with van der Waals surface area (Å²) < 4.78 is 37.8. The number of benzene rings is 2. The van der Waals surface area contributed by atoms with Crippen molar-refractivity contribution in [3.63, 3.8) is 0 Å². The maximum absolute atomic E-state index is 12.6. The molecule has 0 aliphatic heterocycles. The largest absolute Gasteiger partial charge is 0.416 e. The molecule has 0 fully saturated rings. The predicted octanol–water partition coefficient (Wildman–Crippen LogP) is 4.33. The Balaban J connectivity index is 2.17. The van der Waals surface area contributed by atoms with Gasteiger partial charge in [-0.15, -0.1) is 0 Å². The van der Waals surface area contributed by atoms with Crippen LogP contribution < -0.4 is 0 Å². The zero-order valence-electron chi connectivity index (χ0n) is 11.6. The first-order valence-corrected chi connectivity index (χ1v) is 6.65. The van der Waals surface area contributed by atoms with Crippen LogP contribution in [0, 0.1) is 0 Å². The number of aldehydes is 1. The fourth-order valence-electron chi connectivity index (χ4n) is 2.13. The van der Waals surface area contributed by atoms with Crippen LogP contribution in [0.15, 0.2) is 48.5 Å². The van der Waals surface area contributed by atoms with Crippen molar-refractivity contribution in [3.8, 4) is 0 Å². The van der Waals surface area contributed by atoms with Gasteiger partial charge in [-0.2, -0.15) is 13.2 Å².